The molecule has 0 aliphatic carbocycles. The first kappa shape index (κ1) is 22.2. The molecule has 9 heteroatoms. The van der Waals surface area contributed by atoms with Gasteiger partial charge in [-0.05, 0) is 49.4 Å². The molecule has 1 atom stereocenters. The Kier molecular flexibility index (Phi) is 6.72. The Morgan fingerprint density at radius 1 is 1.25 bits per heavy atom. The van der Waals surface area contributed by atoms with E-state index in [0.29, 0.717) is 45.4 Å². The minimum absolute atomic E-state index is 0.252. The number of hydrogen-bond donors (Lipinski definition) is 2. The van der Waals surface area contributed by atoms with Gasteiger partial charge in [0.25, 0.3) is 5.91 Å². The number of nitrogens with one attached hydrogen (secondary N) is 2. The van der Waals surface area contributed by atoms with E-state index in [4.69, 9.17) is 16.3 Å². The summed E-state index contributed by atoms with van der Waals surface area (Å²) in [5, 5.41) is 12.2. The Morgan fingerprint density at radius 3 is 2.81 bits per heavy atom. The van der Waals surface area contributed by atoms with Crippen molar-refractivity contribution in [1.29, 1.82) is 0 Å². The number of allylic oxidation sites excluding steroid dienone is 1. The third-order valence-corrected chi connectivity index (χ3v) is 5.91. The lowest BCUT2D eigenvalue weighted by Gasteiger charge is -2.29. The van der Waals surface area contributed by atoms with Crippen molar-refractivity contribution in [3.8, 4) is 5.75 Å². The van der Waals surface area contributed by atoms with Crippen molar-refractivity contribution in [2.45, 2.75) is 32.0 Å². The average molecular weight is 470 g/mol. The maximum absolute atomic E-state index is 13.6. The first-order chi connectivity index (χ1) is 15.5. The van der Waals surface area contributed by atoms with E-state index in [1.807, 2.05) is 63.2 Å². The zero-order valence-corrected chi connectivity index (χ0v) is 19.6. The lowest BCUT2D eigenvalue weighted by molar-refractivity contribution is -0.113. The second kappa shape index (κ2) is 9.67. The molecule has 166 valence electrons. The molecule has 1 aromatic heterocycles. The number of nitrogens with zero attached hydrogens (tertiary/aromatic N) is 3. The molecule has 2 heterocycles. The zero-order chi connectivity index (χ0) is 22.7. The SMILES string of the molecule is CCOc1ccccc1NC(=O)C1=C(C)Nc2nc(SCC)nn2C1c1cccc(Cl)c1. The smallest absolute Gasteiger partial charge is 0.255 e. The number of ether oxygens (including phenoxy) is 1. The molecule has 2 N–H and O–H groups in total. The van der Waals surface area contributed by atoms with Crippen molar-refractivity contribution in [3.63, 3.8) is 0 Å². The number of rotatable bonds is 7. The number of para-hydroxylation sites is 2. The van der Waals surface area contributed by atoms with Gasteiger partial charge in [-0.15, -0.1) is 5.10 Å². The van der Waals surface area contributed by atoms with Crippen LogP contribution in [0.25, 0.3) is 0 Å². The number of hydrogen-bond acceptors (Lipinski definition) is 6. The zero-order valence-electron chi connectivity index (χ0n) is 18.1. The number of halogens is 1. The van der Waals surface area contributed by atoms with E-state index in [-0.39, 0.29) is 5.91 Å². The summed E-state index contributed by atoms with van der Waals surface area (Å²) in [7, 11) is 0. The van der Waals surface area contributed by atoms with Gasteiger partial charge in [-0.3, -0.25) is 4.79 Å². The Hall–Kier alpha value is -2.97. The van der Waals surface area contributed by atoms with Crippen LogP contribution >= 0.6 is 23.4 Å². The fourth-order valence-electron chi connectivity index (χ4n) is 3.64. The summed E-state index contributed by atoms with van der Waals surface area (Å²) < 4.78 is 7.42. The predicted octanol–water partition coefficient (Wildman–Crippen LogP) is 5.37. The van der Waals surface area contributed by atoms with Crippen molar-refractivity contribution in [2.24, 2.45) is 0 Å². The summed E-state index contributed by atoms with van der Waals surface area (Å²) in [4.78, 5) is 18.2. The maximum atomic E-state index is 13.6. The highest BCUT2D eigenvalue weighted by Crippen LogP contribution is 2.38. The number of anilines is 2. The molecule has 0 fully saturated rings. The Bertz CT molecular complexity index is 1180. The average Bonchev–Trinajstić information content (AvgIpc) is 3.16. The molecule has 1 aliphatic rings. The van der Waals surface area contributed by atoms with Gasteiger partial charge >= 0.3 is 0 Å². The van der Waals surface area contributed by atoms with Crippen LogP contribution < -0.4 is 15.4 Å². The summed E-state index contributed by atoms with van der Waals surface area (Å²) in [5.41, 5.74) is 2.69. The molecule has 1 unspecified atom stereocenters. The Morgan fingerprint density at radius 2 is 2.06 bits per heavy atom. The largest absolute Gasteiger partial charge is 0.492 e. The van der Waals surface area contributed by atoms with E-state index in [9.17, 15) is 4.79 Å². The van der Waals surface area contributed by atoms with E-state index in [1.165, 1.54) is 0 Å². The lowest BCUT2D eigenvalue weighted by atomic mass is 9.95. The van der Waals surface area contributed by atoms with E-state index in [0.717, 1.165) is 11.3 Å². The van der Waals surface area contributed by atoms with Crippen LogP contribution in [0.3, 0.4) is 0 Å². The van der Waals surface area contributed by atoms with Gasteiger partial charge in [0.2, 0.25) is 11.1 Å². The fourth-order valence-corrected chi connectivity index (χ4v) is 4.40. The first-order valence-electron chi connectivity index (χ1n) is 10.4. The van der Waals surface area contributed by atoms with Crippen LogP contribution in [0.1, 0.15) is 32.4 Å². The molecule has 0 spiro atoms. The topological polar surface area (TPSA) is 81.1 Å². The van der Waals surface area contributed by atoms with Gasteiger partial charge in [-0.25, -0.2) is 4.68 Å². The molecule has 4 rings (SSSR count). The highest BCUT2D eigenvalue weighted by molar-refractivity contribution is 7.99. The third-order valence-electron chi connectivity index (χ3n) is 4.95. The molecular weight excluding hydrogens is 446 g/mol. The first-order valence-corrected chi connectivity index (χ1v) is 11.7. The minimum atomic E-state index is -0.483. The van der Waals surface area contributed by atoms with Gasteiger partial charge in [-0.2, -0.15) is 4.98 Å². The summed E-state index contributed by atoms with van der Waals surface area (Å²) in [6, 6.07) is 14.4. The molecular formula is C23H24ClN5O2S. The lowest BCUT2D eigenvalue weighted by Crippen LogP contribution is -2.31. The van der Waals surface area contributed by atoms with Crippen molar-refractivity contribution in [1.82, 2.24) is 14.8 Å². The second-order valence-electron chi connectivity index (χ2n) is 7.10. The van der Waals surface area contributed by atoms with Gasteiger partial charge in [0, 0.05) is 10.7 Å². The molecule has 1 amide bonds. The van der Waals surface area contributed by atoms with Crippen molar-refractivity contribution in [2.75, 3.05) is 23.0 Å². The molecule has 2 aromatic carbocycles. The Balaban J connectivity index is 1.77. The summed E-state index contributed by atoms with van der Waals surface area (Å²) >= 11 is 7.84. The van der Waals surface area contributed by atoms with Crippen LogP contribution in [0.5, 0.6) is 5.75 Å². The van der Waals surface area contributed by atoms with Crippen molar-refractivity contribution >= 4 is 40.9 Å². The van der Waals surface area contributed by atoms with Crippen LogP contribution in [0.15, 0.2) is 65.0 Å². The van der Waals surface area contributed by atoms with E-state index in [1.54, 1.807) is 22.5 Å². The van der Waals surface area contributed by atoms with Crippen LogP contribution in [0.4, 0.5) is 11.6 Å². The number of benzene rings is 2. The van der Waals surface area contributed by atoms with Crippen LogP contribution in [0.2, 0.25) is 5.02 Å². The minimum Gasteiger partial charge on any atom is -0.492 e. The highest BCUT2D eigenvalue weighted by atomic mass is 35.5. The monoisotopic (exact) mass is 469 g/mol. The van der Waals surface area contributed by atoms with Crippen LogP contribution in [-0.2, 0) is 4.79 Å². The van der Waals surface area contributed by atoms with E-state index in [2.05, 4.69) is 20.7 Å². The molecule has 0 saturated carbocycles. The summed E-state index contributed by atoms with van der Waals surface area (Å²) in [5.74, 6) is 1.81. The van der Waals surface area contributed by atoms with Crippen molar-refractivity contribution < 1.29 is 9.53 Å². The standard InChI is InChI=1S/C23H24ClN5O2S/c1-4-31-18-12-7-6-11-17(18)26-21(30)19-14(3)25-22-27-23(32-5-2)28-29(22)20(19)15-9-8-10-16(24)13-15/h6-13,20H,4-5H2,1-3H3,(H,26,30)(H,25,27,28). The van der Waals surface area contributed by atoms with Crippen LogP contribution in [0, 0.1) is 0 Å². The molecule has 1 aliphatic heterocycles. The maximum Gasteiger partial charge on any atom is 0.255 e. The quantitative estimate of drug-likeness (QED) is 0.453. The third kappa shape index (κ3) is 4.47. The number of carbonyl (C=O) groups is 1. The number of thioether (sulfide) groups is 1. The molecule has 32 heavy (non-hydrogen) atoms. The normalized spacial score (nSPS) is 15.2. The molecule has 0 saturated heterocycles. The van der Waals surface area contributed by atoms with Crippen molar-refractivity contribution in [3.05, 3.63) is 70.4 Å². The van der Waals surface area contributed by atoms with Gasteiger partial charge in [-0.1, -0.05) is 54.6 Å². The number of fused-ring (bicyclic) bond motifs is 1. The van der Waals surface area contributed by atoms with Gasteiger partial charge in [0.05, 0.1) is 17.9 Å². The highest BCUT2D eigenvalue weighted by Gasteiger charge is 2.34. The fraction of sp³-hybridized carbons (Fsp3) is 0.261. The van der Waals surface area contributed by atoms with Gasteiger partial charge in [0.15, 0.2) is 0 Å². The molecule has 7 nitrogen and oxygen atoms in total. The summed E-state index contributed by atoms with van der Waals surface area (Å²) in [6.07, 6.45) is 0. The molecule has 0 bridgehead atoms. The van der Waals surface area contributed by atoms with Gasteiger partial charge < -0.3 is 15.4 Å². The van der Waals surface area contributed by atoms with Gasteiger partial charge in [0.1, 0.15) is 11.8 Å². The predicted molar refractivity (Wildman–Crippen MR) is 129 cm³/mol. The number of carbonyl (C=O) groups excluding carboxylic acids is 1. The number of amides is 1. The van der Waals surface area contributed by atoms with E-state index < -0.39 is 6.04 Å². The van der Waals surface area contributed by atoms with Crippen LogP contribution in [-0.4, -0.2) is 33.0 Å². The second-order valence-corrected chi connectivity index (χ2v) is 8.77. The van der Waals surface area contributed by atoms with E-state index >= 15 is 0 Å². The molecule has 3 aromatic rings. The Labute approximate surface area is 196 Å². The summed E-state index contributed by atoms with van der Waals surface area (Å²) in [6.45, 7) is 6.32. The molecule has 0 radical (unpaired) electrons. The number of aromatic nitrogens is 3.